The highest BCUT2D eigenvalue weighted by Crippen LogP contribution is 2.53. The lowest BCUT2D eigenvalue weighted by Crippen LogP contribution is -2.65. The number of hydrogen-bond acceptors (Lipinski definition) is 9. The molecule has 2 unspecified atom stereocenters. The number of carbonyl (C=O) groups excluding carboxylic acids is 3. The molecule has 7 N–H and O–H groups in total. The van der Waals surface area contributed by atoms with Crippen molar-refractivity contribution >= 4 is 28.9 Å². The number of halogens is 1. The number of phenols is 1. The van der Waals surface area contributed by atoms with Crippen LogP contribution in [0.1, 0.15) is 24.5 Å². The molecular formula is C30H32FN3O7. The van der Waals surface area contributed by atoms with Gasteiger partial charge < -0.3 is 31.5 Å². The van der Waals surface area contributed by atoms with Crippen molar-refractivity contribution in [2.24, 2.45) is 17.6 Å². The van der Waals surface area contributed by atoms with Crippen LogP contribution in [0.15, 0.2) is 53.3 Å². The zero-order valence-corrected chi connectivity index (χ0v) is 22.8. The second-order valence-corrected chi connectivity index (χ2v) is 11.2. The largest absolute Gasteiger partial charge is 0.508 e. The summed E-state index contributed by atoms with van der Waals surface area (Å²) in [5.41, 5.74) is 4.35. The van der Waals surface area contributed by atoms with Crippen LogP contribution >= 0.6 is 0 Å². The zero-order chi connectivity index (χ0) is 30.0. The molecule has 5 rings (SSSR count). The molecule has 0 aromatic heterocycles. The number of rotatable bonds is 6. The average Bonchev–Trinajstić information content (AvgIpc) is 2.91. The first-order valence-corrected chi connectivity index (χ1v) is 13.2. The monoisotopic (exact) mass is 565 g/mol. The number of amides is 1. The first-order chi connectivity index (χ1) is 19.3. The molecule has 0 radical (unpaired) electrons. The number of carbonyl (C=O) groups is 3. The minimum Gasteiger partial charge on any atom is -0.508 e. The number of ketones is 2. The van der Waals surface area contributed by atoms with E-state index in [2.05, 4.69) is 5.32 Å². The van der Waals surface area contributed by atoms with Gasteiger partial charge in [-0.1, -0.05) is 18.2 Å². The molecule has 0 aliphatic heterocycles. The van der Waals surface area contributed by atoms with Crippen LogP contribution in [0.5, 0.6) is 5.75 Å². The van der Waals surface area contributed by atoms with Gasteiger partial charge in [-0.2, -0.15) is 0 Å². The van der Waals surface area contributed by atoms with Crippen LogP contribution in [0.2, 0.25) is 0 Å². The van der Waals surface area contributed by atoms with Gasteiger partial charge in [-0.15, -0.1) is 0 Å². The molecule has 1 saturated carbocycles. The number of primary amides is 1. The van der Waals surface area contributed by atoms with Crippen molar-refractivity contribution in [3.63, 3.8) is 0 Å². The smallest absolute Gasteiger partial charge is 0.255 e. The first-order valence-electron chi connectivity index (χ1n) is 13.2. The van der Waals surface area contributed by atoms with E-state index in [-0.39, 0.29) is 35.8 Å². The summed E-state index contributed by atoms with van der Waals surface area (Å²) in [5, 5.41) is 47.9. The van der Waals surface area contributed by atoms with Crippen LogP contribution in [-0.2, 0) is 20.8 Å². The van der Waals surface area contributed by atoms with Gasteiger partial charge in [0.1, 0.15) is 29.5 Å². The maximum absolute atomic E-state index is 13.9. The highest BCUT2D eigenvalue weighted by atomic mass is 19.1. The lowest BCUT2D eigenvalue weighted by molar-refractivity contribution is -0.153. The van der Waals surface area contributed by atoms with Crippen molar-refractivity contribution in [1.82, 2.24) is 4.90 Å². The molecule has 0 bridgehead atoms. The zero-order valence-electron chi connectivity index (χ0n) is 22.8. The number of fused-ring (bicyclic) bond motifs is 3. The van der Waals surface area contributed by atoms with Gasteiger partial charge in [0, 0.05) is 17.2 Å². The Kier molecular flexibility index (Phi) is 6.91. The number of aromatic hydroxyl groups is 1. The highest BCUT2D eigenvalue weighted by molar-refractivity contribution is 6.24. The molecule has 5 atom stereocenters. The minimum absolute atomic E-state index is 0.00480. The molecule has 11 heteroatoms. The van der Waals surface area contributed by atoms with Gasteiger partial charge in [0.25, 0.3) is 5.91 Å². The summed E-state index contributed by atoms with van der Waals surface area (Å²) in [4.78, 5) is 40.8. The third-order valence-electron chi connectivity index (χ3n) is 8.44. The van der Waals surface area contributed by atoms with Crippen LogP contribution in [0, 0.1) is 11.8 Å². The Morgan fingerprint density at radius 3 is 2.39 bits per heavy atom. The van der Waals surface area contributed by atoms with Gasteiger partial charge in [-0.05, 0) is 74.7 Å². The molecule has 2 aromatic rings. The number of benzene rings is 2. The van der Waals surface area contributed by atoms with E-state index in [1.807, 2.05) is 12.1 Å². The summed E-state index contributed by atoms with van der Waals surface area (Å²) in [7, 11) is 3.10. The number of aliphatic hydroxyl groups excluding tert-OH is 2. The van der Waals surface area contributed by atoms with Crippen molar-refractivity contribution in [1.29, 1.82) is 0 Å². The quantitative estimate of drug-likeness (QED) is 0.288. The van der Waals surface area contributed by atoms with Crippen LogP contribution in [0.4, 0.5) is 10.1 Å². The molecular weight excluding hydrogens is 533 g/mol. The van der Waals surface area contributed by atoms with Crippen LogP contribution < -0.4 is 11.1 Å². The van der Waals surface area contributed by atoms with Crippen molar-refractivity contribution in [2.75, 3.05) is 26.1 Å². The number of nitrogens with one attached hydrogen (secondary N) is 1. The van der Waals surface area contributed by atoms with Crippen LogP contribution in [0.3, 0.4) is 0 Å². The third-order valence-corrected chi connectivity index (χ3v) is 8.44. The molecule has 216 valence electrons. The fraction of sp³-hybridized carbons (Fsp3) is 0.367. The summed E-state index contributed by atoms with van der Waals surface area (Å²) in [5.74, 6) is -6.92. The molecule has 3 aliphatic carbocycles. The Labute approximate surface area is 235 Å². The number of alkyl halides is 1. The van der Waals surface area contributed by atoms with Gasteiger partial charge in [-0.3, -0.25) is 19.3 Å². The summed E-state index contributed by atoms with van der Waals surface area (Å²) in [6.07, 6.45) is 0.183. The van der Waals surface area contributed by atoms with E-state index < -0.39 is 64.7 Å². The molecule has 10 nitrogen and oxygen atoms in total. The Balaban J connectivity index is 1.65. The normalized spacial score (nSPS) is 26.4. The highest BCUT2D eigenvalue weighted by Gasteiger charge is 2.64. The lowest BCUT2D eigenvalue weighted by Gasteiger charge is -2.50. The Bertz CT molecular complexity index is 1530. The number of hydrogen-bond donors (Lipinski definition) is 6. The fourth-order valence-electron chi connectivity index (χ4n) is 6.58. The number of anilines is 1. The maximum atomic E-state index is 13.9. The summed E-state index contributed by atoms with van der Waals surface area (Å²) in [6, 6.07) is 8.77. The van der Waals surface area contributed by atoms with Crippen molar-refractivity contribution in [3.05, 3.63) is 64.4 Å². The molecule has 1 amide bonds. The second kappa shape index (κ2) is 10.0. The molecule has 0 spiro atoms. The SMILES string of the molecule is CC(CF)Nc1ccc(-c2ccc(O)c3c2C[C@@H]2C[C@@H]4C(N(C)C)C(=O)C(C(N)=O)=C(O)[C@]4(O)C(=O)C2=C3O)cc1. The number of likely N-dealkylation sites (N-methyl/N-ethyl adjacent to an activating group) is 1. The van der Waals surface area contributed by atoms with Gasteiger partial charge >= 0.3 is 0 Å². The van der Waals surface area contributed by atoms with E-state index in [1.165, 1.54) is 11.0 Å². The molecule has 0 heterocycles. The van der Waals surface area contributed by atoms with Gasteiger partial charge in [0.05, 0.1) is 17.6 Å². The van der Waals surface area contributed by atoms with E-state index in [9.17, 15) is 39.2 Å². The van der Waals surface area contributed by atoms with E-state index >= 15 is 0 Å². The predicted octanol–water partition coefficient (Wildman–Crippen LogP) is 2.40. The molecule has 41 heavy (non-hydrogen) atoms. The van der Waals surface area contributed by atoms with Crippen molar-refractivity contribution in [2.45, 2.75) is 37.5 Å². The Hall–Kier alpha value is -4.22. The number of nitrogens with two attached hydrogens (primary N) is 1. The van der Waals surface area contributed by atoms with E-state index in [0.717, 1.165) is 5.56 Å². The molecule has 2 aromatic carbocycles. The number of aliphatic hydroxyl groups is 3. The number of Topliss-reactive ketones (excluding diaryl/α,β-unsaturated/α-hetero) is 2. The topological polar surface area (TPSA) is 173 Å². The number of phenolic OH excluding ortho intramolecular Hbond substituents is 1. The predicted molar refractivity (Wildman–Crippen MR) is 149 cm³/mol. The van der Waals surface area contributed by atoms with Crippen LogP contribution in [-0.4, -0.2) is 81.3 Å². The van der Waals surface area contributed by atoms with Crippen molar-refractivity contribution in [3.8, 4) is 16.9 Å². The van der Waals surface area contributed by atoms with E-state index in [0.29, 0.717) is 16.8 Å². The second-order valence-electron chi connectivity index (χ2n) is 11.2. The first kappa shape index (κ1) is 28.3. The fourth-order valence-corrected chi connectivity index (χ4v) is 6.58. The molecule has 1 fully saturated rings. The summed E-state index contributed by atoms with van der Waals surface area (Å²) < 4.78 is 12.9. The van der Waals surface area contributed by atoms with E-state index in [1.54, 1.807) is 39.2 Å². The maximum Gasteiger partial charge on any atom is 0.255 e. The molecule has 3 aliphatic rings. The van der Waals surface area contributed by atoms with E-state index in [4.69, 9.17) is 5.73 Å². The molecule has 0 saturated heterocycles. The summed E-state index contributed by atoms with van der Waals surface area (Å²) >= 11 is 0. The van der Waals surface area contributed by atoms with Gasteiger partial charge in [0.15, 0.2) is 11.4 Å². The average molecular weight is 566 g/mol. The minimum atomic E-state index is -2.68. The van der Waals surface area contributed by atoms with Crippen molar-refractivity contribution < 1.29 is 39.2 Å². The van der Waals surface area contributed by atoms with Gasteiger partial charge in [-0.25, -0.2) is 4.39 Å². The number of nitrogens with zero attached hydrogens (tertiary/aromatic N) is 1. The Morgan fingerprint density at radius 2 is 1.80 bits per heavy atom. The lowest BCUT2D eigenvalue weighted by atomic mass is 9.57. The third kappa shape index (κ3) is 4.18. The standard InChI is InChI=1S/C30H32FN3O7/c1-13(12-31)33-16-6-4-14(5-7-16)17-8-9-20(35)22-18(17)10-15-11-19-24(34(2)3)26(37)23(29(32)40)28(39)30(19,41)27(38)21(15)25(22)36/h4-9,13,15,19,24,33,35-36,39,41H,10-12H2,1-3H3,(H2,32,40)/t13?,15-,19-,24?,30-/m1/s1. The Morgan fingerprint density at radius 1 is 1.15 bits per heavy atom. The van der Waals surface area contributed by atoms with Gasteiger partial charge in [0.2, 0.25) is 5.78 Å². The summed E-state index contributed by atoms with van der Waals surface area (Å²) in [6.45, 7) is 1.18. The van der Waals surface area contributed by atoms with Crippen LogP contribution in [0.25, 0.3) is 16.9 Å².